The SMILES string of the molecule is C[C@H]1O[C@H](O)[C@H](OCc2ccccc2)C[C@@H]1O. The third-order valence-corrected chi connectivity index (χ3v) is 2.99. The van der Waals surface area contributed by atoms with E-state index < -0.39 is 18.5 Å². The van der Waals surface area contributed by atoms with Crippen molar-refractivity contribution in [1.82, 2.24) is 0 Å². The monoisotopic (exact) mass is 238 g/mol. The molecule has 4 heteroatoms. The summed E-state index contributed by atoms with van der Waals surface area (Å²) in [6.07, 6.45) is -1.96. The zero-order valence-corrected chi connectivity index (χ0v) is 9.82. The quantitative estimate of drug-likeness (QED) is 0.826. The fraction of sp³-hybridized carbons (Fsp3) is 0.538. The van der Waals surface area contributed by atoms with Crippen LogP contribution < -0.4 is 0 Å². The molecule has 2 N–H and O–H groups in total. The lowest BCUT2D eigenvalue weighted by atomic mass is 10.0. The molecule has 1 aromatic rings. The summed E-state index contributed by atoms with van der Waals surface area (Å²) in [5.74, 6) is 0. The van der Waals surface area contributed by atoms with Crippen LogP contribution in [0.3, 0.4) is 0 Å². The molecule has 0 radical (unpaired) electrons. The maximum absolute atomic E-state index is 9.68. The summed E-state index contributed by atoms with van der Waals surface area (Å²) >= 11 is 0. The van der Waals surface area contributed by atoms with Crippen molar-refractivity contribution in [1.29, 1.82) is 0 Å². The molecule has 0 aliphatic carbocycles. The first-order chi connectivity index (χ1) is 8.16. The Morgan fingerprint density at radius 2 is 2.00 bits per heavy atom. The van der Waals surface area contributed by atoms with Crippen molar-refractivity contribution in [2.45, 2.75) is 44.6 Å². The number of aliphatic hydroxyl groups excluding tert-OH is 2. The van der Waals surface area contributed by atoms with E-state index in [1.54, 1.807) is 6.92 Å². The zero-order chi connectivity index (χ0) is 12.3. The predicted molar refractivity (Wildman–Crippen MR) is 62.2 cm³/mol. The molecule has 17 heavy (non-hydrogen) atoms. The molecule has 4 nitrogen and oxygen atoms in total. The van der Waals surface area contributed by atoms with E-state index in [0.717, 1.165) is 5.56 Å². The van der Waals surface area contributed by atoms with Gasteiger partial charge in [-0.1, -0.05) is 30.3 Å². The van der Waals surface area contributed by atoms with Gasteiger partial charge in [0.25, 0.3) is 0 Å². The molecule has 0 bridgehead atoms. The first-order valence-corrected chi connectivity index (χ1v) is 5.84. The number of hydrogen-bond acceptors (Lipinski definition) is 4. The van der Waals surface area contributed by atoms with Crippen LogP contribution in [0.15, 0.2) is 30.3 Å². The Hall–Kier alpha value is -0.940. The highest BCUT2D eigenvalue weighted by atomic mass is 16.6. The minimum Gasteiger partial charge on any atom is -0.390 e. The average Bonchev–Trinajstić information content (AvgIpc) is 2.33. The van der Waals surface area contributed by atoms with E-state index in [-0.39, 0.29) is 6.10 Å². The molecular formula is C13H18O4. The summed E-state index contributed by atoms with van der Waals surface area (Å²) in [4.78, 5) is 0. The highest BCUT2D eigenvalue weighted by Gasteiger charge is 2.34. The number of ether oxygens (including phenoxy) is 2. The first kappa shape index (κ1) is 12.5. The fourth-order valence-corrected chi connectivity index (χ4v) is 1.87. The molecule has 1 fully saturated rings. The summed E-state index contributed by atoms with van der Waals surface area (Å²) in [6, 6.07) is 9.71. The van der Waals surface area contributed by atoms with Crippen LogP contribution in [0.5, 0.6) is 0 Å². The van der Waals surface area contributed by atoms with Gasteiger partial charge in [0.2, 0.25) is 0 Å². The van der Waals surface area contributed by atoms with Crippen LogP contribution in [0.25, 0.3) is 0 Å². The Bertz CT molecular complexity index is 341. The molecule has 0 saturated carbocycles. The third-order valence-electron chi connectivity index (χ3n) is 2.99. The Morgan fingerprint density at radius 3 is 2.71 bits per heavy atom. The van der Waals surface area contributed by atoms with Gasteiger partial charge in [-0.3, -0.25) is 0 Å². The molecule has 94 valence electrons. The van der Waals surface area contributed by atoms with Gasteiger partial charge in [0.15, 0.2) is 6.29 Å². The molecule has 1 aliphatic heterocycles. The second-order valence-electron chi connectivity index (χ2n) is 4.37. The summed E-state index contributed by atoms with van der Waals surface area (Å²) in [5.41, 5.74) is 1.04. The second kappa shape index (κ2) is 5.60. The van der Waals surface area contributed by atoms with E-state index in [2.05, 4.69) is 0 Å². The summed E-state index contributed by atoms with van der Waals surface area (Å²) in [7, 11) is 0. The van der Waals surface area contributed by atoms with E-state index in [9.17, 15) is 10.2 Å². The molecule has 0 spiro atoms. The minimum absolute atomic E-state index is 0.346. The fourth-order valence-electron chi connectivity index (χ4n) is 1.87. The van der Waals surface area contributed by atoms with Crippen molar-refractivity contribution >= 4 is 0 Å². The van der Waals surface area contributed by atoms with Crippen LogP contribution in [0.1, 0.15) is 18.9 Å². The molecular weight excluding hydrogens is 220 g/mol. The van der Waals surface area contributed by atoms with Crippen LogP contribution >= 0.6 is 0 Å². The Kier molecular flexibility index (Phi) is 4.12. The molecule has 2 rings (SSSR count). The van der Waals surface area contributed by atoms with E-state index in [1.165, 1.54) is 0 Å². The van der Waals surface area contributed by atoms with Crippen LogP contribution in [-0.4, -0.2) is 34.8 Å². The van der Waals surface area contributed by atoms with Gasteiger partial charge in [-0.2, -0.15) is 0 Å². The maximum Gasteiger partial charge on any atom is 0.181 e. The standard InChI is InChI=1S/C13H18O4/c1-9-11(14)7-12(13(15)17-9)16-8-10-5-3-2-4-6-10/h2-6,9,11-15H,7-8H2,1H3/t9-,11+,12-,13+/m1/s1. The third kappa shape index (κ3) is 3.26. The minimum atomic E-state index is -0.961. The van der Waals surface area contributed by atoms with Crippen LogP contribution in [0.2, 0.25) is 0 Å². The Balaban J connectivity index is 1.87. The summed E-state index contributed by atoms with van der Waals surface area (Å²) in [6.45, 7) is 2.15. The lowest BCUT2D eigenvalue weighted by molar-refractivity contribution is -0.254. The highest BCUT2D eigenvalue weighted by molar-refractivity contribution is 5.13. The molecule has 4 atom stereocenters. The summed E-state index contributed by atoms with van der Waals surface area (Å²) < 4.78 is 10.7. The first-order valence-electron chi connectivity index (χ1n) is 5.84. The lowest BCUT2D eigenvalue weighted by Crippen LogP contribution is -2.46. The van der Waals surface area contributed by atoms with Gasteiger partial charge in [0.1, 0.15) is 6.10 Å². The van der Waals surface area contributed by atoms with Gasteiger partial charge in [-0.15, -0.1) is 0 Å². The predicted octanol–water partition coefficient (Wildman–Crippen LogP) is 1.06. The Morgan fingerprint density at radius 1 is 1.29 bits per heavy atom. The molecule has 0 aromatic heterocycles. The number of hydrogen-bond donors (Lipinski definition) is 2. The average molecular weight is 238 g/mol. The molecule has 1 heterocycles. The topological polar surface area (TPSA) is 58.9 Å². The van der Waals surface area contributed by atoms with E-state index in [0.29, 0.717) is 13.0 Å². The maximum atomic E-state index is 9.68. The number of benzene rings is 1. The Labute approximate surface area is 101 Å². The molecule has 1 aromatic carbocycles. The van der Waals surface area contributed by atoms with E-state index in [1.807, 2.05) is 30.3 Å². The van der Waals surface area contributed by atoms with Crippen molar-refractivity contribution in [3.05, 3.63) is 35.9 Å². The van der Waals surface area contributed by atoms with Gasteiger partial charge < -0.3 is 19.7 Å². The molecule has 0 amide bonds. The summed E-state index contributed by atoms with van der Waals surface area (Å²) in [5, 5.41) is 19.3. The van der Waals surface area contributed by atoms with Gasteiger partial charge in [0.05, 0.1) is 18.8 Å². The lowest BCUT2D eigenvalue weighted by Gasteiger charge is -2.35. The van der Waals surface area contributed by atoms with Gasteiger partial charge in [-0.25, -0.2) is 0 Å². The van der Waals surface area contributed by atoms with Crippen LogP contribution in [0.4, 0.5) is 0 Å². The van der Waals surface area contributed by atoms with E-state index >= 15 is 0 Å². The number of rotatable bonds is 3. The van der Waals surface area contributed by atoms with Gasteiger partial charge in [0, 0.05) is 6.42 Å². The van der Waals surface area contributed by atoms with Crippen molar-refractivity contribution < 1.29 is 19.7 Å². The van der Waals surface area contributed by atoms with Crippen LogP contribution in [-0.2, 0) is 16.1 Å². The molecule has 1 aliphatic rings. The zero-order valence-electron chi connectivity index (χ0n) is 9.82. The number of aliphatic hydroxyl groups is 2. The molecule has 0 unspecified atom stereocenters. The van der Waals surface area contributed by atoms with Crippen molar-refractivity contribution in [3.8, 4) is 0 Å². The van der Waals surface area contributed by atoms with Crippen molar-refractivity contribution in [2.75, 3.05) is 0 Å². The van der Waals surface area contributed by atoms with Crippen LogP contribution in [0, 0.1) is 0 Å². The van der Waals surface area contributed by atoms with E-state index in [4.69, 9.17) is 9.47 Å². The van der Waals surface area contributed by atoms with Crippen molar-refractivity contribution in [3.63, 3.8) is 0 Å². The van der Waals surface area contributed by atoms with Gasteiger partial charge >= 0.3 is 0 Å². The van der Waals surface area contributed by atoms with Crippen molar-refractivity contribution in [2.24, 2.45) is 0 Å². The second-order valence-corrected chi connectivity index (χ2v) is 4.37. The largest absolute Gasteiger partial charge is 0.390 e. The smallest absolute Gasteiger partial charge is 0.181 e. The highest BCUT2D eigenvalue weighted by Crippen LogP contribution is 2.22. The normalized spacial score (nSPS) is 33.6. The molecule has 1 saturated heterocycles. The van der Waals surface area contributed by atoms with Gasteiger partial charge in [-0.05, 0) is 12.5 Å².